The predicted molar refractivity (Wildman–Crippen MR) is 102 cm³/mol. The summed E-state index contributed by atoms with van der Waals surface area (Å²) < 4.78 is 32.9. The van der Waals surface area contributed by atoms with Crippen molar-refractivity contribution in [1.82, 2.24) is 5.32 Å². The highest BCUT2D eigenvalue weighted by molar-refractivity contribution is 7.92. The monoisotopic (exact) mass is 376 g/mol. The first-order chi connectivity index (χ1) is 12.3. The molecule has 0 radical (unpaired) electrons. The van der Waals surface area contributed by atoms with Crippen LogP contribution in [0.4, 0.5) is 5.69 Å². The van der Waals surface area contributed by atoms with Crippen LogP contribution in [0.3, 0.4) is 0 Å². The minimum absolute atomic E-state index is 0.142. The zero-order valence-corrected chi connectivity index (χ0v) is 16.2. The highest BCUT2D eigenvalue weighted by Gasteiger charge is 2.19. The predicted octanol–water partition coefficient (Wildman–Crippen LogP) is 3.05. The van der Waals surface area contributed by atoms with E-state index in [1.165, 1.54) is 26.3 Å². The summed E-state index contributed by atoms with van der Waals surface area (Å²) in [5.41, 5.74) is 1.46. The highest BCUT2D eigenvalue weighted by atomic mass is 32.2. The van der Waals surface area contributed by atoms with Crippen LogP contribution in [0.5, 0.6) is 5.75 Å². The fourth-order valence-corrected chi connectivity index (χ4v) is 3.62. The number of sulfonamides is 1. The first-order valence-corrected chi connectivity index (χ1v) is 9.77. The van der Waals surface area contributed by atoms with Gasteiger partial charge in [-0.25, -0.2) is 8.42 Å². The van der Waals surface area contributed by atoms with Crippen molar-refractivity contribution in [2.24, 2.45) is 5.92 Å². The molecule has 0 aliphatic carbocycles. The zero-order chi connectivity index (χ0) is 19.3. The lowest BCUT2D eigenvalue weighted by Gasteiger charge is -2.13. The lowest BCUT2D eigenvalue weighted by Crippen LogP contribution is -2.21. The molecule has 2 rings (SSSR count). The van der Waals surface area contributed by atoms with Crippen LogP contribution in [0, 0.1) is 5.92 Å². The number of ether oxygens (including phenoxy) is 1. The summed E-state index contributed by atoms with van der Waals surface area (Å²) in [6.45, 7) is 4.21. The number of carbonyl (C=O) groups excluding carboxylic acids is 1. The molecule has 140 valence electrons. The van der Waals surface area contributed by atoms with Crippen LogP contribution in [-0.4, -0.2) is 28.5 Å². The van der Waals surface area contributed by atoms with Gasteiger partial charge in [0.15, 0.2) is 0 Å². The summed E-state index contributed by atoms with van der Waals surface area (Å²) in [6, 6.07) is 11.4. The second-order valence-corrected chi connectivity index (χ2v) is 8.02. The Hall–Kier alpha value is -2.54. The van der Waals surface area contributed by atoms with Crippen molar-refractivity contribution in [3.63, 3.8) is 0 Å². The summed E-state index contributed by atoms with van der Waals surface area (Å²) in [6.07, 6.45) is 0.882. The molecule has 0 unspecified atom stereocenters. The molecule has 0 saturated carbocycles. The van der Waals surface area contributed by atoms with Crippen molar-refractivity contribution >= 4 is 21.6 Å². The van der Waals surface area contributed by atoms with E-state index in [0.29, 0.717) is 11.7 Å². The SMILES string of the molecule is CNC(=O)c1cc(OC)ccc1NS(=O)(=O)c1ccc(CC(C)C)cc1. The average Bonchev–Trinajstić information content (AvgIpc) is 2.61. The van der Waals surface area contributed by atoms with Gasteiger partial charge in [0.05, 0.1) is 23.3 Å². The number of nitrogens with one attached hydrogen (secondary N) is 2. The van der Waals surface area contributed by atoms with Gasteiger partial charge in [-0.3, -0.25) is 9.52 Å². The van der Waals surface area contributed by atoms with E-state index in [1.807, 2.05) is 12.1 Å². The summed E-state index contributed by atoms with van der Waals surface area (Å²) in [7, 11) is -0.856. The second kappa shape index (κ2) is 8.23. The fraction of sp³-hybridized carbons (Fsp3) is 0.316. The molecule has 1 amide bonds. The molecule has 0 fully saturated rings. The van der Waals surface area contributed by atoms with Crippen LogP contribution in [0.2, 0.25) is 0 Å². The van der Waals surface area contributed by atoms with Gasteiger partial charge in [-0.2, -0.15) is 0 Å². The first-order valence-electron chi connectivity index (χ1n) is 8.28. The van der Waals surface area contributed by atoms with E-state index in [1.54, 1.807) is 18.2 Å². The van der Waals surface area contributed by atoms with Crippen molar-refractivity contribution in [2.45, 2.75) is 25.2 Å². The Morgan fingerprint density at radius 2 is 1.77 bits per heavy atom. The third-order valence-corrected chi connectivity index (χ3v) is 5.20. The number of carbonyl (C=O) groups is 1. The number of methoxy groups -OCH3 is 1. The molecule has 0 aromatic heterocycles. The van der Waals surface area contributed by atoms with E-state index in [0.717, 1.165) is 12.0 Å². The molecule has 0 bridgehead atoms. The molecular formula is C19H24N2O4S. The Morgan fingerprint density at radius 1 is 1.12 bits per heavy atom. The standard InChI is InChI=1S/C19H24N2O4S/c1-13(2)11-14-5-8-16(9-6-14)26(23,24)21-18-10-7-15(25-4)12-17(18)19(22)20-3/h5-10,12-13,21H,11H2,1-4H3,(H,20,22). The van der Waals surface area contributed by atoms with Gasteiger partial charge in [-0.1, -0.05) is 26.0 Å². The number of benzene rings is 2. The number of hydrogen-bond donors (Lipinski definition) is 2. The third kappa shape index (κ3) is 4.76. The molecule has 0 spiro atoms. The Kier molecular flexibility index (Phi) is 6.26. The molecule has 6 nitrogen and oxygen atoms in total. The fourth-order valence-electron chi connectivity index (χ4n) is 2.54. The molecule has 2 aromatic rings. The Bertz CT molecular complexity index is 875. The highest BCUT2D eigenvalue weighted by Crippen LogP contribution is 2.25. The maximum absolute atomic E-state index is 12.7. The van der Waals surface area contributed by atoms with Crippen LogP contribution in [-0.2, 0) is 16.4 Å². The van der Waals surface area contributed by atoms with Gasteiger partial charge >= 0.3 is 0 Å². The summed E-state index contributed by atoms with van der Waals surface area (Å²) in [5.74, 6) is 0.545. The molecule has 0 atom stereocenters. The topological polar surface area (TPSA) is 84.5 Å². The van der Waals surface area contributed by atoms with Crippen molar-refractivity contribution < 1.29 is 17.9 Å². The van der Waals surface area contributed by atoms with Crippen LogP contribution in [0.15, 0.2) is 47.4 Å². The van der Waals surface area contributed by atoms with Crippen molar-refractivity contribution in [3.8, 4) is 5.75 Å². The van der Waals surface area contributed by atoms with E-state index in [4.69, 9.17) is 4.74 Å². The normalized spacial score (nSPS) is 11.3. The van der Waals surface area contributed by atoms with Gasteiger partial charge < -0.3 is 10.1 Å². The van der Waals surface area contributed by atoms with E-state index in [9.17, 15) is 13.2 Å². The summed E-state index contributed by atoms with van der Waals surface area (Å²) >= 11 is 0. The molecule has 0 saturated heterocycles. The maximum atomic E-state index is 12.7. The number of rotatable bonds is 7. The van der Waals surface area contributed by atoms with Gasteiger partial charge in [-0.05, 0) is 48.2 Å². The smallest absolute Gasteiger partial charge is 0.261 e. The molecule has 26 heavy (non-hydrogen) atoms. The average molecular weight is 376 g/mol. The molecule has 7 heteroatoms. The van der Waals surface area contributed by atoms with E-state index < -0.39 is 15.9 Å². The number of anilines is 1. The van der Waals surface area contributed by atoms with Gasteiger partial charge in [-0.15, -0.1) is 0 Å². The third-order valence-electron chi connectivity index (χ3n) is 3.82. The summed E-state index contributed by atoms with van der Waals surface area (Å²) in [4.78, 5) is 12.2. The van der Waals surface area contributed by atoms with Gasteiger partial charge in [0.1, 0.15) is 5.75 Å². The quantitative estimate of drug-likeness (QED) is 0.778. The van der Waals surface area contributed by atoms with Gasteiger partial charge in [0.2, 0.25) is 0 Å². The first kappa shape index (κ1) is 19.8. The van der Waals surface area contributed by atoms with Crippen LogP contribution >= 0.6 is 0 Å². The Balaban J connectivity index is 2.33. The maximum Gasteiger partial charge on any atom is 0.261 e. The van der Waals surface area contributed by atoms with Crippen LogP contribution < -0.4 is 14.8 Å². The molecule has 0 aliphatic heterocycles. The number of amides is 1. The van der Waals surface area contributed by atoms with E-state index in [-0.39, 0.29) is 16.1 Å². The van der Waals surface area contributed by atoms with Crippen molar-refractivity contribution in [2.75, 3.05) is 18.9 Å². The van der Waals surface area contributed by atoms with E-state index in [2.05, 4.69) is 23.9 Å². The minimum Gasteiger partial charge on any atom is -0.497 e. The lowest BCUT2D eigenvalue weighted by molar-refractivity contribution is 0.0963. The second-order valence-electron chi connectivity index (χ2n) is 6.34. The molecule has 2 N–H and O–H groups in total. The Labute approximate surface area is 154 Å². The molecule has 0 heterocycles. The zero-order valence-electron chi connectivity index (χ0n) is 15.4. The Morgan fingerprint density at radius 3 is 2.31 bits per heavy atom. The molecule has 2 aromatic carbocycles. The van der Waals surface area contributed by atoms with E-state index >= 15 is 0 Å². The van der Waals surface area contributed by atoms with Gasteiger partial charge in [0, 0.05) is 7.05 Å². The minimum atomic E-state index is -3.81. The summed E-state index contributed by atoms with van der Waals surface area (Å²) in [5, 5.41) is 2.49. The van der Waals surface area contributed by atoms with Crippen molar-refractivity contribution in [3.05, 3.63) is 53.6 Å². The van der Waals surface area contributed by atoms with Crippen LogP contribution in [0.1, 0.15) is 29.8 Å². The largest absolute Gasteiger partial charge is 0.497 e. The molecular weight excluding hydrogens is 352 g/mol. The lowest BCUT2D eigenvalue weighted by atomic mass is 10.0. The number of hydrogen-bond acceptors (Lipinski definition) is 4. The van der Waals surface area contributed by atoms with Crippen molar-refractivity contribution in [1.29, 1.82) is 0 Å². The molecule has 0 aliphatic rings. The van der Waals surface area contributed by atoms with Gasteiger partial charge in [0.25, 0.3) is 15.9 Å². The van der Waals surface area contributed by atoms with Crippen LogP contribution in [0.25, 0.3) is 0 Å².